The van der Waals surface area contributed by atoms with Gasteiger partial charge < -0.3 is 16.0 Å². The Morgan fingerprint density at radius 2 is 2.10 bits per heavy atom. The van der Waals surface area contributed by atoms with Crippen LogP contribution in [0.25, 0.3) is 0 Å². The zero-order valence-corrected chi connectivity index (χ0v) is 5.45. The number of carboxylic acids is 1. The molecule has 0 saturated carbocycles. The van der Waals surface area contributed by atoms with Crippen molar-refractivity contribution in [2.75, 3.05) is 6.54 Å². The fourth-order valence-corrected chi connectivity index (χ4v) is 0.444. The van der Waals surface area contributed by atoms with Crippen LogP contribution in [0.4, 0.5) is 0 Å². The van der Waals surface area contributed by atoms with E-state index in [4.69, 9.17) is 16.0 Å². The monoisotopic (exact) mass is 146 g/mol. The van der Waals surface area contributed by atoms with Crippen molar-refractivity contribution in [1.29, 1.82) is 0 Å². The molecule has 0 aliphatic heterocycles. The molecule has 0 amide bonds. The summed E-state index contributed by atoms with van der Waals surface area (Å²) in [7, 11) is 0. The molecular formula is C5H10N2O3. The lowest BCUT2D eigenvalue weighted by atomic mass is 10.2. The Morgan fingerprint density at radius 1 is 1.50 bits per heavy atom. The molecule has 0 spiro atoms. The van der Waals surface area contributed by atoms with E-state index in [0.29, 0.717) is 5.71 Å². The van der Waals surface area contributed by atoms with Crippen molar-refractivity contribution < 1.29 is 15.1 Å². The van der Waals surface area contributed by atoms with Crippen molar-refractivity contribution >= 4 is 11.7 Å². The third-order valence-electron chi connectivity index (χ3n) is 1.00. The first-order chi connectivity index (χ1) is 4.70. The molecule has 4 N–H and O–H groups in total. The van der Waals surface area contributed by atoms with E-state index in [1.165, 1.54) is 0 Å². The van der Waals surface area contributed by atoms with Gasteiger partial charge in [0.1, 0.15) is 0 Å². The first-order valence-electron chi connectivity index (χ1n) is 2.82. The topological polar surface area (TPSA) is 95.9 Å². The minimum Gasteiger partial charge on any atom is -0.481 e. The number of hydrogen-bond acceptors (Lipinski definition) is 4. The van der Waals surface area contributed by atoms with Gasteiger partial charge >= 0.3 is 5.97 Å². The van der Waals surface area contributed by atoms with Gasteiger partial charge in [-0.2, -0.15) is 0 Å². The van der Waals surface area contributed by atoms with Crippen LogP contribution >= 0.6 is 0 Å². The predicted octanol–water partition coefficient (Wildman–Crippen LogP) is -0.360. The standard InChI is InChI=1S/C5H10N2O3/c6-3-4(7-10)1-2-5(8)9/h10H,1-3,6H2,(H,8,9)/b7-4-. The third kappa shape index (κ3) is 3.85. The molecule has 0 aromatic carbocycles. The largest absolute Gasteiger partial charge is 0.481 e. The van der Waals surface area contributed by atoms with E-state index in [-0.39, 0.29) is 19.4 Å². The van der Waals surface area contributed by atoms with Gasteiger partial charge in [-0.3, -0.25) is 4.79 Å². The number of aliphatic carboxylic acids is 1. The summed E-state index contributed by atoms with van der Waals surface area (Å²) >= 11 is 0. The minimum absolute atomic E-state index is 0.0450. The van der Waals surface area contributed by atoms with Crippen molar-refractivity contribution in [2.45, 2.75) is 12.8 Å². The quantitative estimate of drug-likeness (QED) is 0.286. The maximum atomic E-state index is 9.96. The molecule has 0 aliphatic carbocycles. The highest BCUT2D eigenvalue weighted by molar-refractivity contribution is 5.88. The number of nitrogens with two attached hydrogens (primary N) is 1. The van der Waals surface area contributed by atoms with Crippen LogP contribution in [0.2, 0.25) is 0 Å². The molecule has 0 atom stereocenters. The lowest BCUT2D eigenvalue weighted by molar-refractivity contribution is -0.136. The second-order valence-corrected chi connectivity index (χ2v) is 1.76. The number of oxime groups is 1. The van der Waals surface area contributed by atoms with Crippen LogP contribution in [-0.2, 0) is 4.79 Å². The number of hydrogen-bond donors (Lipinski definition) is 3. The molecule has 0 aromatic rings. The van der Waals surface area contributed by atoms with Crippen molar-refractivity contribution in [1.82, 2.24) is 0 Å². The van der Waals surface area contributed by atoms with E-state index in [1.807, 2.05) is 0 Å². The summed E-state index contributed by atoms with van der Waals surface area (Å²) in [5.41, 5.74) is 5.39. The second-order valence-electron chi connectivity index (χ2n) is 1.76. The van der Waals surface area contributed by atoms with Crippen LogP contribution in [-0.4, -0.2) is 28.5 Å². The molecule has 0 saturated heterocycles. The highest BCUT2D eigenvalue weighted by Crippen LogP contribution is 1.90. The molecule has 0 fully saturated rings. The maximum Gasteiger partial charge on any atom is 0.303 e. The predicted molar refractivity (Wildman–Crippen MR) is 35.1 cm³/mol. The number of nitrogens with zero attached hydrogens (tertiary/aromatic N) is 1. The summed E-state index contributed by atoms with van der Waals surface area (Å²) in [4.78, 5) is 9.96. The molecule has 0 aliphatic rings. The van der Waals surface area contributed by atoms with E-state index in [0.717, 1.165) is 0 Å². The molecule has 5 heteroatoms. The van der Waals surface area contributed by atoms with E-state index in [2.05, 4.69) is 5.16 Å². The Labute approximate surface area is 58.1 Å². The van der Waals surface area contributed by atoms with Gasteiger partial charge in [0.15, 0.2) is 0 Å². The van der Waals surface area contributed by atoms with E-state index < -0.39 is 5.97 Å². The molecule has 10 heavy (non-hydrogen) atoms. The van der Waals surface area contributed by atoms with Crippen molar-refractivity contribution in [3.63, 3.8) is 0 Å². The van der Waals surface area contributed by atoms with Gasteiger partial charge in [0.2, 0.25) is 0 Å². The highest BCUT2D eigenvalue weighted by Gasteiger charge is 2.01. The SMILES string of the molecule is NC/C(CCC(=O)O)=N\O. The normalized spacial score (nSPS) is 11.5. The van der Waals surface area contributed by atoms with Crippen molar-refractivity contribution in [2.24, 2.45) is 10.9 Å². The summed E-state index contributed by atoms with van der Waals surface area (Å²) in [6, 6.07) is 0. The lowest BCUT2D eigenvalue weighted by Gasteiger charge is -1.95. The Bertz CT molecular complexity index is 144. The number of carbonyl (C=O) groups is 1. The third-order valence-corrected chi connectivity index (χ3v) is 1.00. The first-order valence-corrected chi connectivity index (χ1v) is 2.82. The highest BCUT2D eigenvalue weighted by atomic mass is 16.4. The molecular weight excluding hydrogens is 136 g/mol. The molecule has 0 aromatic heterocycles. The Kier molecular flexibility index (Phi) is 4.23. The number of rotatable bonds is 4. The molecule has 58 valence electrons. The summed E-state index contributed by atoms with van der Waals surface area (Å²) < 4.78 is 0. The number of carboxylic acid groups (broad SMARTS) is 1. The van der Waals surface area contributed by atoms with Crippen LogP contribution in [0.5, 0.6) is 0 Å². The minimum atomic E-state index is -0.922. The van der Waals surface area contributed by atoms with Crippen LogP contribution in [0.3, 0.4) is 0 Å². The molecule has 0 heterocycles. The van der Waals surface area contributed by atoms with Crippen LogP contribution < -0.4 is 5.73 Å². The maximum absolute atomic E-state index is 9.96. The van der Waals surface area contributed by atoms with E-state index >= 15 is 0 Å². The average Bonchev–Trinajstić information content (AvgIpc) is 1.90. The van der Waals surface area contributed by atoms with Crippen molar-refractivity contribution in [3.8, 4) is 0 Å². The van der Waals surface area contributed by atoms with Gasteiger partial charge in [-0.05, 0) is 0 Å². The molecule has 5 nitrogen and oxygen atoms in total. The Morgan fingerprint density at radius 3 is 2.40 bits per heavy atom. The molecule has 0 rings (SSSR count). The van der Waals surface area contributed by atoms with Crippen LogP contribution in [0.15, 0.2) is 5.16 Å². The van der Waals surface area contributed by atoms with Gasteiger partial charge in [-0.1, -0.05) is 5.16 Å². The summed E-state index contributed by atoms with van der Waals surface area (Å²) in [6.07, 6.45) is 0.166. The zero-order valence-electron chi connectivity index (χ0n) is 5.45. The van der Waals surface area contributed by atoms with E-state index in [9.17, 15) is 4.79 Å². The van der Waals surface area contributed by atoms with Crippen LogP contribution in [0, 0.1) is 0 Å². The van der Waals surface area contributed by atoms with Gasteiger partial charge in [-0.15, -0.1) is 0 Å². The fraction of sp³-hybridized carbons (Fsp3) is 0.600. The fourth-order valence-electron chi connectivity index (χ4n) is 0.444. The lowest BCUT2D eigenvalue weighted by Crippen LogP contribution is -2.15. The van der Waals surface area contributed by atoms with Gasteiger partial charge in [-0.25, -0.2) is 0 Å². The molecule has 0 radical (unpaired) electrons. The summed E-state index contributed by atoms with van der Waals surface area (Å²) in [6.45, 7) is 0.101. The molecule has 0 unspecified atom stereocenters. The van der Waals surface area contributed by atoms with Crippen LogP contribution in [0.1, 0.15) is 12.8 Å². The van der Waals surface area contributed by atoms with E-state index in [1.54, 1.807) is 0 Å². The smallest absolute Gasteiger partial charge is 0.303 e. The first kappa shape index (κ1) is 8.90. The summed E-state index contributed by atoms with van der Waals surface area (Å²) in [5.74, 6) is -0.922. The van der Waals surface area contributed by atoms with Crippen molar-refractivity contribution in [3.05, 3.63) is 0 Å². The molecule has 0 bridgehead atoms. The van der Waals surface area contributed by atoms with Gasteiger partial charge in [0.25, 0.3) is 0 Å². The second kappa shape index (κ2) is 4.75. The zero-order chi connectivity index (χ0) is 7.98. The van der Waals surface area contributed by atoms with Gasteiger partial charge in [0.05, 0.1) is 12.1 Å². The Balaban J connectivity index is 3.56. The average molecular weight is 146 g/mol. The summed E-state index contributed by atoms with van der Waals surface area (Å²) in [5, 5.41) is 19.1. The van der Waals surface area contributed by atoms with Gasteiger partial charge in [0, 0.05) is 13.0 Å². The Hall–Kier alpha value is -1.10.